The van der Waals surface area contributed by atoms with E-state index in [0.29, 0.717) is 12.5 Å². The van der Waals surface area contributed by atoms with Gasteiger partial charge in [0.05, 0.1) is 6.61 Å². The molecular formula is C12H18O2. The Labute approximate surface area is 85.5 Å². The highest BCUT2D eigenvalue weighted by atomic mass is 16.5. The Morgan fingerprint density at radius 1 is 1.36 bits per heavy atom. The van der Waals surface area contributed by atoms with Crippen molar-refractivity contribution in [3.05, 3.63) is 23.8 Å². The maximum absolute atomic E-state index is 9.34. The summed E-state index contributed by atoms with van der Waals surface area (Å²) in [5, 5.41) is 9.34. The number of benzene rings is 1. The molecule has 0 radical (unpaired) electrons. The zero-order valence-corrected chi connectivity index (χ0v) is 9.08. The van der Waals surface area contributed by atoms with E-state index >= 15 is 0 Å². The van der Waals surface area contributed by atoms with Crippen molar-refractivity contribution in [1.29, 1.82) is 0 Å². The van der Waals surface area contributed by atoms with Crippen LogP contribution in [0.25, 0.3) is 0 Å². The zero-order valence-electron chi connectivity index (χ0n) is 9.08. The molecule has 0 amide bonds. The Morgan fingerprint density at radius 3 is 2.64 bits per heavy atom. The number of phenolic OH excluding ortho intramolecular Hbond substituents is 1. The first-order chi connectivity index (χ1) is 6.61. The zero-order chi connectivity index (χ0) is 10.6. The Kier molecular flexibility index (Phi) is 3.81. The van der Waals surface area contributed by atoms with Crippen molar-refractivity contribution in [1.82, 2.24) is 0 Å². The molecule has 2 heteroatoms. The van der Waals surface area contributed by atoms with E-state index in [1.165, 1.54) is 0 Å². The summed E-state index contributed by atoms with van der Waals surface area (Å²) in [5.41, 5.74) is 1.02. The van der Waals surface area contributed by atoms with Crippen LogP contribution >= 0.6 is 0 Å². The maximum atomic E-state index is 9.34. The number of rotatable bonds is 4. The SMILES string of the molecule is CCC(C)COc1cc(C)cc(O)c1. The summed E-state index contributed by atoms with van der Waals surface area (Å²) < 4.78 is 5.56. The van der Waals surface area contributed by atoms with Gasteiger partial charge in [0.2, 0.25) is 0 Å². The molecule has 1 atom stereocenters. The van der Waals surface area contributed by atoms with E-state index in [-0.39, 0.29) is 5.75 Å². The van der Waals surface area contributed by atoms with Crippen LogP contribution in [0.4, 0.5) is 0 Å². The fourth-order valence-electron chi connectivity index (χ4n) is 1.17. The average molecular weight is 194 g/mol. The number of aromatic hydroxyl groups is 1. The average Bonchev–Trinajstić information content (AvgIpc) is 2.12. The Balaban J connectivity index is 2.58. The maximum Gasteiger partial charge on any atom is 0.123 e. The van der Waals surface area contributed by atoms with Crippen LogP contribution in [0, 0.1) is 12.8 Å². The van der Waals surface area contributed by atoms with E-state index in [1.54, 1.807) is 12.1 Å². The smallest absolute Gasteiger partial charge is 0.123 e. The van der Waals surface area contributed by atoms with Gasteiger partial charge in [-0.1, -0.05) is 20.3 Å². The third-order valence-corrected chi connectivity index (χ3v) is 2.27. The van der Waals surface area contributed by atoms with Gasteiger partial charge in [0, 0.05) is 6.07 Å². The molecule has 1 aromatic carbocycles. The second-order valence-corrected chi connectivity index (χ2v) is 3.83. The van der Waals surface area contributed by atoms with Crippen LogP contribution in [0.1, 0.15) is 25.8 Å². The predicted molar refractivity (Wildman–Crippen MR) is 57.8 cm³/mol. The lowest BCUT2D eigenvalue weighted by Crippen LogP contribution is -2.07. The van der Waals surface area contributed by atoms with Crippen molar-refractivity contribution in [2.45, 2.75) is 27.2 Å². The lowest BCUT2D eigenvalue weighted by Gasteiger charge is -2.11. The van der Waals surface area contributed by atoms with Gasteiger partial charge in [0.1, 0.15) is 11.5 Å². The van der Waals surface area contributed by atoms with Crippen LogP contribution in [-0.4, -0.2) is 11.7 Å². The van der Waals surface area contributed by atoms with Crippen molar-refractivity contribution in [2.75, 3.05) is 6.61 Å². The first-order valence-corrected chi connectivity index (χ1v) is 5.05. The van der Waals surface area contributed by atoms with Crippen molar-refractivity contribution in [3.8, 4) is 11.5 Å². The number of ether oxygens (including phenoxy) is 1. The number of hydrogen-bond acceptors (Lipinski definition) is 2. The minimum absolute atomic E-state index is 0.268. The molecule has 1 N–H and O–H groups in total. The second-order valence-electron chi connectivity index (χ2n) is 3.83. The van der Waals surface area contributed by atoms with Crippen molar-refractivity contribution in [2.24, 2.45) is 5.92 Å². The monoisotopic (exact) mass is 194 g/mol. The fraction of sp³-hybridized carbons (Fsp3) is 0.500. The molecule has 0 bridgehead atoms. The lowest BCUT2D eigenvalue weighted by molar-refractivity contribution is 0.255. The third-order valence-electron chi connectivity index (χ3n) is 2.27. The topological polar surface area (TPSA) is 29.5 Å². The van der Waals surface area contributed by atoms with E-state index in [0.717, 1.165) is 17.7 Å². The van der Waals surface area contributed by atoms with Gasteiger partial charge in [-0.15, -0.1) is 0 Å². The molecule has 0 saturated carbocycles. The normalized spacial score (nSPS) is 12.5. The van der Waals surface area contributed by atoms with Crippen LogP contribution < -0.4 is 4.74 Å². The van der Waals surface area contributed by atoms with Gasteiger partial charge < -0.3 is 9.84 Å². The minimum Gasteiger partial charge on any atom is -0.508 e. The summed E-state index contributed by atoms with van der Waals surface area (Å²) >= 11 is 0. The number of phenols is 1. The molecule has 0 aliphatic heterocycles. The molecule has 1 rings (SSSR count). The van der Waals surface area contributed by atoms with Gasteiger partial charge in [-0.3, -0.25) is 0 Å². The molecule has 2 nitrogen and oxygen atoms in total. The van der Waals surface area contributed by atoms with E-state index in [4.69, 9.17) is 4.74 Å². The lowest BCUT2D eigenvalue weighted by atomic mass is 10.1. The molecule has 0 aliphatic carbocycles. The summed E-state index contributed by atoms with van der Waals surface area (Å²) in [5.74, 6) is 1.57. The third kappa shape index (κ3) is 3.29. The predicted octanol–water partition coefficient (Wildman–Crippen LogP) is 3.13. The molecule has 0 aliphatic rings. The second kappa shape index (κ2) is 4.89. The molecular weight excluding hydrogens is 176 g/mol. The first-order valence-electron chi connectivity index (χ1n) is 5.05. The highest BCUT2D eigenvalue weighted by Crippen LogP contribution is 2.21. The number of hydrogen-bond donors (Lipinski definition) is 1. The minimum atomic E-state index is 0.268. The van der Waals surface area contributed by atoms with Crippen molar-refractivity contribution < 1.29 is 9.84 Å². The van der Waals surface area contributed by atoms with Crippen LogP contribution in [0.15, 0.2) is 18.2 Å². The highest BCUT2D eigenvalue weighted by Gasteiger charge is 2.02. The van der Waals surface area contributed by atoms with Crippen LogP contribution in [0.2, 0.25) is 0 Å². The Bertz CT molecular complexity index is 274. The summed E-state index contributed by atoms with van der Waals surface area (Å²) in [6.07, 6.45) is 1.11. The van der Waals surface area contributed by atoms with Crippen LogP contribution in [0.5, 0.6) is 11.5 Å². The van der Waals surface area contributed by atoms with E-state index in [1.807, 2.05) is 13.0 Å². The summed E-state index contributed by atoms with van der Waals surface area (Å²) in [7, 11) is 0. The quantitative estimate of drug-likeness (QED) is 0.798. The van der Waals surface area contributed by atoms with Crippen LogP contribution in [-0.2, 0) is 0 Å². The molecule has 0 saturated heterocycles. The summed E-state index contributed by atoms with van der Waals surface area (Å²) in [6.45, 7) is 6.94. The van der Waals surface area contributed by atoms with Crippen LogP contribution in [0.3, 0.4) is 0 Å². The van der Waals surface area contributed by atoms with E-state index in [2.05, 4.69) is 13.8 Å². The molecule has 0 spiro atoms. The molecule has 0 aromatic heterocycles. The summed E-state index contributed by atoms with van der Waals surface area (Å²) in [4.78, 5) is 0. The van der Waals surface area contributed by atoms with E-state index in [9.17, 15) is 5.11 Å². The first kappa shape index (κ1) is 10.9. The molecule has 78 valence electrons. The molecule has 0 fully saturated rings. The van der Waals surface area contributed by atoms with Crippen molar-refractivity contribution >= 4 is 0 Å². The molecule has 14 heavy (non-hydrogen) atoms. The summed E-state index contributed by atoms with van der Waals surface area (Å²) in [6, 6.07) is 5.30. The van der Waals surface area contributed by atoms with Gasteiger partial charge in [-0.2, -0.15) is 0 Å². The fourth-order valence-corrected chi connectivity index (χ4v) is 1.17. The standard InChI is InChI=1S/C12H18O2/c1-4-9(2)8-14-12-6-10(3)5-11(13)7-12/h5-7,9,13H,4,8H2,1-3H3. The van der Waals surface area contributed by atoms with Gasteiger partial charge in [0.25, 0.3) is 0 Å². The molecule has 0 heterocycles. The Morgan fingerprint density at radius 2 is 2.07 bits per heavy atom. The van der Waals surface area contributed by atoms with E-state index < -0.39 is 0 Å². The molecule has 1 unspecified atom stereocenters. The number of aryl methyl sites for hydroxylation is 1. The molecule has 1 aromatic rings. The van der Waals surface area contributed by atoms with Crippen molar-refractivity contribution in [3.63, 3.8) is 0 Å². The highest BCUT2D eigenvalue weighted by molar-refractivity contribution is 5.36. The van der Waals surface area contributed by atoms with Gasteiger partial charge in [-0.05, 0) is 30.5 Å². The van der Waals surface area contributed by atoms with Gasteiger partial charge in [0.15, 0.2) is 0 Å². The Hall–Kier alpha value is -1.18. The largest absolute Gasteiger partial charge is 0.508 e. The van der Waals surface area contributed by atoms with Gasteiger partial charge >= 0.3 is 0 Å². The van der Waals surface area contributed by atoms with Gasteiger partial charge in [-0.25, -0.2) is 0 Å².